The van der Waals surface area contributed by atoms with E-state index in [0.29, 0.717) is 11.6 Å². The number of nitrogens with zero attached hydrogens (tertiary/aromatic N) is 1. The van der Waals surface area contributed by atoms with Crippen molar-refractivity contribution in [1.29, 1.82) is 5.41 Å². The van der Waals surface area contributed by atoms with Crippen LogP contribution in [0.2, 0.25) is 0 Å². The van der Waals surface area contributed by atoms with Crippen LogP contribution in [0.1, 0.15) is 41.6 Å². The molecule has 3 aromatic carbocycles. The number of ether oxygens (including phenoxy) is 2. The summed E-state index contributed by atoms with van der Waals surface area (Å²) in [5.41, 5.74) is -0.00250. The normalized spacial score (nSPS) is 14.5. The van der Waals surface area contributed by atoms with Crippen molar-refractivity contribution in [2.75, 3.05) is 31.6 Å². The predicted molar refractivity (Wildman–Crippen MR) is 164 cm³/mol. The third-order valence-corrected chi connectivity index (χ3v) is 8.95. The van der Waals surface area contributed by atoms with Crippen molar-refractivity contribution in [3.63, 3.8) is 0 Å². The molecular formula is C31H32F3N5O7S. The van der Waals surface area contributed by atoms with Crippen molar-refractivity contribution >= 4 is 39.5 Å². The molecule has 0 unspecified atom stereocenters. The minimum Gasteiger partial charge on any atom is -0.444 e. The zero-order chi connectivity index (χ0) is 34.2. The topological polar surface area (TPSA) is 167 Å². The fraction of sp³-hybridized carbons (Fsp3) is 0.290. The minimum atomic E-state index is -5.00. The summed E-state index contributed by atoms with van der Waals surface area (Å²) in [7, 11) is -4.45. The molecule has 1 aliphatic rings. The maximum atomic E-state index is 14.0. The second-order valence-electron chi connectivity index (χ2n) is 10.4. The molecule has 3 aromatic rings. The number of nitrogens with one attached hydrogen (secondary N) is 4. The summed E-state index contributed by atoms with van der Waals surface area (Å²) in [6.07, 6.45) is -6.48. The van der Waals surface area contributed by atoms with E-state index in [-0.39, 0.29) is 50.0 Å². The Kier molecular flexibility index (Phi) is 11.3. The summed E-state index contributed by atoms with van der Waals surface area (Å²) < 4.78 is 78.9. The van der Waals surface area contributed by atoms with Gasteiger partial charge in [0.2, 0.25) is 21.8 Å². The molecule has 1 aliphatic heterocycles. The number of carbonyl (C=O) groups excluding carboxylic acids is 3. The van der Waals surface area contributed by atoms with Crippen LogP contribution < -0.4 is 16.0 Å². The number of alkyl carbamates (subject to hydrolysis) is 1. The standard InChI is InChI=1S/C31H32F3N5O7S/c1-20(23-9-12-26(25(17-23)31(32,33)34)47(43,44)39-13-15-45-16-14-39)36-27(40)18-28(41)37-24-10-7-22(8-11-24)29(35)38-30(42)46-19-21-5-3-2-4-6-21/h2-12,17,20H,13-16,18-19H2,1H3,(H,36,40)(H,37,41)(H2,35,38,42)/t20-/m0/s1. The number of alkyl halides is 3. The second-order valence-corrected chi connectivity index (χ2v) is 12.3. The summed E-state index contributed by atoms with van der Waals surface area (Å²) in [6.45, 7) is 1.41. The monoisotopic (exact) mass is 675 g/mol. The first-order valence-corrected chi connectivity index (χ1v) is 15.7. The number of benzene rings is 3. The summed E-state index contributed by atoms with van der Waals surface area (Å²) >= 11 is 0. The van der Waals surface area contributed by atoms with Crippen molar-refractivity contribution in [3.8, 4) is 0 Å². The van der Waals surface area contributed by atoms with Gasteiger partial charge in [-0.1, -0.05) is 36.4 Å². The largest absolute Gasteiger partial charge is 0.444 e. The number of morpholine rings is 1. The lowest BCUT2D eigenvalue weighted by atomic mass is 10.0. The highest BCUT2D eigenvalue weighted by Gasteiger charge is 2.40. The number of amides is 3. The van der Waals surface area contributed by atoms with Crippen LogP contribution in [0.5, 0.6) is 0 Å². The summed E-state index contributed by atoms with van der Waals surface area (Å²) in [6, 6.07) is 16.5. The number of halogens is 3. The van der Waals surface area contributed by atoms with Crippen LogP contribution in [0.4, 0.5) is 23.7 Å². The van der Waals surface area contributed by atoms with E-state index in [1.807, 2.05) is 6.07 Å². The lowest BCUT2D eigenvalue weighted by molar-refractivity contribution is -0.140. The van der Waals surface area contributed by atoms with Gasteiger partial charge in [-0.05, 0) is 54.4 Å². The molecular weight excluding hydrogens is 643 g/mol. The van der Waals surface area contributed by atoms with E-state index < -0.39 is 57.0 Å². The van der Waals surface area contributed by atoms with Crippen molar-refractivity contribution in [2.24, 2.45) is 0 Å². The number of sulfonamides is 1. The molecule has 1 atom stereocenters. The second kappa shape index (κ2) is 15.2. The Labute approximate surface area is 268 Å². The molecule has 0 saturated carbocycles. The summed E-state index contributed by atoms with van der Waals surface area (Å²) in [5, 5.41) is 15.3. The predicted octanol–water partition coefficient (Wildman–Crippen LogP) is 4.18. The average molecular weight is 676 g/mol. The molecule has 47 heavy (non-hydrogen) atoms. The molecule has 4 N–H and O–H groups in total. The van der Waals surface area contributed by atoms with E-state index in [9.17, 15) is 36.0 Å². The number of anilines is 1. The van der Waals surface area contributed by atoms with Crippen molar-refractivity contribution in [3.05, 3.63) is 95.1 Å². The SMILES string of the molecule is C[C@H](NC(=O)CC(=O)Nc1ccc(C(=N)NC(=O)OCc2ccccc2)cc1)c1ccc(S(=O)(=O)N2CCOCC2)c(C(F)(F)F)c1. The van der Waals surface area contributed by atoms with E-state index in [2.05, 4.69) is 16.0 Å². The van der Waals surface area contributed by atoms with Crippen LogP contribution in [0, 0.1) is 5.41 Å². The highest BCUT2D eigenvalue weighted by Crippen LogP contribution is 2.37. The molecule has 1 fully saturated rings. The Morgan fingerprint density at radius 1 is 0.979 bits per heavy atom. The number of hydrogen-bond acceptors (Lipinski definition) is 8. The summed E-state index contributed by atoms with van der Waals surface area (Å²) in [5.74, 6) is -1.75. The van der Waals surface area contributed by atoms with Crippen LogP contribution in [0.3, 0.4) is 0 Å². The van der Waals surface area contributed by atoms with Crippen molar-refractivity contribution in [2.45, 2.75) is 37.1 Å². The van der Waals surface area contributed by atoms with Gasteiger partial charge >= 0.3 is 12.3 Å². The molecule has 3 amide bonds. The smallest absolute Gasteiger partial charge is 0.417 e. The van der Waals surface area contributed by atoms with E-state index in [4.69, 9.17) is 14.9 Å². The first kappa shape index (κ1) is 35.1. The van der Waals surface area contributed by atoms with Gasteiger partial charge in [0.1, 0.15) is 18.9 Å². The van der Waals surface area contributed by atoms with Crippen molar-refractivity contribution < 1.29 is 45.4 Å². The summed E-state index contributed by atoms with van der Waals surface area (Å²) in [4.78, 5) is 36.1. The van der Waals surface area contributed by atoms with Crippen LogP contribution in [0.25, 0.3) is 0 Å². The fourth-order valence-corrected chi connectivity index (χ4v) is 6.17. The van der Waals surface area contributed by atoms with Gasteiger partial charge < -0.3 is 20.1 Å². The Balaban J connectivity index is 1.30. The average Bonchev–Trinajstić information content (AvgIpc) is 3.04. The van der Waals surface area contributed by atoms with Gasteiger partial charge in [0.25, 0.3) is 0 Å². The molecule has 0 aliphatic carbocycles. The molecule has 12 nitrogen and oxygen atoms in total. The highest BCUT2D eigenvalue weighted by molar-refractivity contribution is 7.89. The van der Waals surface area contributed by atoms with Gasteiger partial charge in [-0.15, -0.1) is 0 Å². The highest BCUT2D eigenvalue weighted by atomic mass is 32.2. The zero-order valence-electron chi connectivity index (χ0n) is 25.1. The first-order chi connectivity index (χ1) is 22.2. The van der Waals surface area contributed by atoms with Crippen LogP contribution >= 0.6 is 0 Å². The maximum Gasteiger partial charge on any atom is 0.417 e. The number of carbonyl (C=O) groups is 3. The van der Waals surface area contributed by atoms with Gasteiger partial charge in [0.15, 0.2) is 0 Å². The number of amidine groups is 1. The Morgan fingerprint density at radius 3 is 2.28 bits per heavy atom. The number of hydrogen-bond donors (Lipinski definition) is 4. The van der Waals surface area contributed by atoms with Gasteiger partial charge in [0, 0.05) is 24.3 Å². The molecule has 1 heterocycles. The third-order valence-electron chi connectivity index (χ3n) is 6.99. The minimum absolute atomic E-state index is 0.0115. The number of rotatable bonds is 10. The van der Waals surface area contributed by atoms with Gasteiger partial charge in [0.05, 0.1) is 29.7 Å². The van der Waals surface area contributed by atoms with E-state index in [1.54, 1.807) is 24.3 Å². The van der Waals surface area contributed by atoms with E-state index in [0.717, 1.165) is 15.9 Å². The Morgan fingerprint density at radius 2 is 1.64 bits per heavy atom. The fourth-order valence-electron chi connectivity index (χ4n) is 4.57. The van der Waals surface area contributed by atoms with Crippen molar-refractivity contribution in [1.82, 2.24) is 14.9 Å². The molecule has 0 aromatic heterocycles. The molecule has 0 spiro atoms. The van der Waals surface area contributed by atoms with Gasteiger partial charge in [-0.25, -0.2) is 13.2 Å². The van der Waals surface area contributed by atoms with Gasteiger partial charge in [-0.3, -0.25) is 20.3 Å². The van der Waals surface area contributed by atoms with E-state index >= 15 is 0 Å². The molecule has 0 radical (unpaired) electrons. The molecule has 250 valence electrons. The van der Waals surface area contributed by atoms with Crippen LogP contribution in [-0.4, -0.2) is 62.8 Å². The van der Waals surface area contributed by atoms with E-state index in [1.165, 1.54) is 37.3 Å². The Hall–Kier alpha value is -4.80. The quantitative estimate of drug-likeness (QED) is 0.142. The lowest BCUT2D eigenvalue weighted by Crippen LogP contribution is -2.41. The molecule has 16 heteroatoms. The third kappa shape index (κ3) is 9.60. The maximum absolute atomic E-state index is 14.0. The molecule has 0 bridgehead atoms. The van der Waals surface area contributed by atoms with Crippen LogP contribution in [0.15, 0.2) is 77.7 Å². The zero-order valence-corrected chi connectivity index (χ0v) is 25.9. The van der Waals surface area contributed by atoms with Gasteiger partial charge in [-0.2, -0.15) is 17.5 Å². The van der Waals surface area contributed by atoms with Crippen LogP contribution in [-0.2, 0) is 41.9 Å². The molecule has 1 saturated heterocycles. The first-order valence-electron chi connectivity index (χ1n) is 14.3. The molecule has 4 rings (SSSR count). The Bertz CT molecular complexity index is 1710. The lowest BCUT2D eigenvalue weighted by Gasteiger charge is -2.27.